The zero-order valence-corrected chi connectivity index (χ0v) is 12.2. The normalized spacial score (nSPS) is 15.1. The van der Waals surface area contributed by atoms with E-state index >= 15 is 0 Å². The van der Waals surface area contributed by atoms with Crippen molar-refractivity contribution in [1.82, 2.24) is 9.78 Å². The highest BCUT2D eigenvalue weighted by atomic mass is 32.2. The van der Waals surface area contributed by atoms with Gasteiger partial charge in [-0.1, -0.05) is 6.92 Å². The maximum absolute atomic E-state index is 12.0. The van der Waals surface area contributed by atoms with Crippen LogP contribution in [0.2, 0.25) is 0 Å². The molecular weight excluding hydrogens is 268 g/mol. The monoisotopic (exact) mass is 288 g/mol. The Hall–Kier alpha value is -1.37. The lowest BCUT2D eigenvalue weighted by Gasteiger charge is -2.10. The van der Waals surface area contributed by atoms with E-state index in [1.807, 2.05) is 13.8 Å². The summed E-state index contributed by atoms with van der Waals surface area (Å²) in [6.07, 6.45) is 2.28. The summed E-state index contributed by atoms with van der Waals surface area (Å²) >= 11 is 0. The second-order valence-corrected chi connectivity index (χ2v) is 7.18. The lowest BCUT2D eigenvalue weighted by atomic mass is 10.3. The summed E-state index contributed by atoms with van der Waals surface area (Å²) in [7, 11) is -3.48. The van der Waals surface area contributed by atoms with E-state index in [0.29, 0.717) is 5.69 Å². The van der Waals surface area contributed by atoms with Crippen molar-refractivity contribution >= 4 is 15.8 Å². The third-order valence-corrected chi connectivity index (χ3v) is 5.22. The summed E-state index contributed by atoms with van der Waals surface area (Å²) in [6.45, 7) is 5.44. The Balaban J connectivity index is 2.78. The number of aromatic nitrogens is 2. The van der Waals surface area contributed by atoms with Gasteiger partial charge in [0.05, 0.1) is 23.1 Å². The van der Waals surface area contributed by atoms with Gasteiger partial charge in [0.25, 0.3) is 0 Å². The molecule has 0 aromatic carbocycles. The molecule has 6 nitrogen and oxygen atoms in total. The quantitative estimate of drug-likeness (QED) is 0.823. The van der Waals surface area contributed by atoms with E-state index < -0.39 is 21.1 Å². The van der Waals surface area contributed by atoms with E-state index in [2.05, 4.69) is 5.10 Å². The maximum atomic E-state index is 12.0. The number of hydrogen-bond donors (Lipinski definition) is 1. The maximum Gasteiger partial charge on any atom is 0.304 e. The number of nitrogens with zero attached hydrogens (tertiary/aromatic N) is 2. The van der Waals surface area contributed by atoms with Crippen LogP contribution in [0.5, 0.6) is 0 Å². The molecule has 0 aliphatic rings. The molecule has 1 rings (SSSR count). The molecule has 108 valence electrons. The highest BCUT2D eigenvalue weighted by molar-refractivity contribution is 7.91. The number of carbonyl (C=O) groups is 1. The Labute approximate surface area is 113 Å². The van der Waals surface area contributed by atoms with Gasteiger partial charge in [0.15, 0.2) is 9.84 Å². The number of sulfone groups is 1. The molecule has 0 radical (unpaired) electrons. The first-order chi connectivity index (χ1) is 8.76. The highest BCUT2D eigenvalue weighted by Crippen LogP contribution is 2.15. The molecule has 0 saturated carbocycles. The lowest BCUT2D eigenvalue weighted by molar-refractivity contribution is -0.136. The molecular formula is C12H20N2O4S. The Bertz CT molecular complexity index is 536. The van der Waals surface area contributed by atoms with Crippen LogP contribution < -0.4 is 0 Å². The van der Waals surface area contributed by atoms with Gasteiger partial charge in [0, 0.05) is 12.2 Å². The van der Waals surface area contributed by atoms with Crippen LogP contribution in [0.4, 0.5) is 0 Å². The largest absolute Gasteiger partial charge is 0.481 e. The van der Waals surface area contributed by atoms with Gasteiger partial charge in [-0.3, -0.25) is 9.48 Å². The average molecular weight is 288 g/mol. The van der Waals surface area contributed by atoms with E-state index in [1.165, 1.54) is 6.92 Å². The van der Waals surface area contributed by atoms with E-state index in [-0.39, 0.29) is 18.2 Å². The van der Waals surface area contributed by atoms with Crippen molar-refractivity contribution < 1.29 is 18.3 Å². The van der Waals surface area contributed by atoms with Gasteiger partial charge in [0.2, 0.25) is 0 Å². The standard InChI is InChI=1S/C12H20N2O4S/c1-4-9(2)14-6-5-11(13-14)8-19(17,18)10(3)7-12(15)16/h5-6,9-10H,4,7-8H2,1-3H3,(H,15,16). The van der Waals surface area contributed by atoms with Gasteiger partial charge >= 0.3 is 5.97 Å². The molecule has 0 spiro atoms. The smallest absolute Gasteiger partial charge is 0.304 e. The summed E-state index contributed by atoms with van der Waals surface area (Å²) in [6, 6.07) is 1.88. The number of rotatable bonds is 7. The third-order valence-electron chi connectivity index (χ3n) is 3.13. The van der Waals surface area contributed by atoms with Crippen LogP contribution in [0.25, 0.3) is 0 Å². The van der Waals surface area contributed by atoms with Crippen molar-refractivity contribution in [2.45, 2.75) is 50.7 Å². The van der Waals surface area contributed by atoms with Crippen LogP contribution in [0.3, 0.4) is 0 Å². The predicted octanol–water partition coefficient (Wildman–Crippen LogP) is 1.63. The first-order valence-corrected chi connectivity index (χ1v) is 7.95. The molecule has 1 N–H and O–H groups in total. The minimum atomic E-state index is -3.48. The SMILES string of the molecule is CCC(C)n1ccc(CS(=O)(=O)C(C)CC(=O)O)n1. The summed E-state index contributed by atoms with van der Waals surface area (Å²) in [4.78, 5) is 10.6. The molecule has 7 heteroatoms. The third kappa shape index (κ3) is 4.34. The van der Waals surface area contributed by atoms with Crippen LogP contribution in [0.1, 0.15) is 45.3 Å². The molecule has 0 aliphatic heterocycles. The van der Waals surface area contributed by atoms with Gasteiger partial charge in [-0.2, -0.15) is 5.10 Å². The topological polar surface area (TPSA) is 89.3 Å². The molecule has 1 aromatic rings. The van der Waals surface area contributed by atoms with Crippen molar-refractivity contribution in [1.29, 1.82) is 0 Å². The van der Waals surface area contributed by atoms with E-state index in [4.69, 9.17) is 5.11 Å². The zero-order chi connectivity index (χ0) is 14.6. The number of carboxylic acid groups (broad SMARTS) is 1. The van der Waals surface area contributed by atoms with Crippen LogP contribution >= 0.6 is 0 Å². The highest BCUT2D eigenvalue weighted by Gasteiger charge is 2.24. The zero-order valence-electron chi connectivity index (χ0n) is 11.4. The van der Waals surface area contributed by atoms with Crippen LogP contribution in [-0.4, -0.2) is 34.5 Å². The predicted molar refractivity (Wildman–Crippen MR) is 71.6 cm³/mol. The second-order valence-electron chi connectivity index (χ2n) is 4.76. The van der Waals surface area contributed by atoms with Crippen LogP contribution in [0, 0.1) is 0 Å². The molecule has 0 fully saturated rings. The number of hydrogen-bond acceptors (Lipinski definition) is 4. The Morgan fingerprint density at radius 2 is 2.11 bits per heavy atom. The lowest BCUT2D eigenvalue weighted by Crippen LogP contribution is -2.23. The molecule has 0 aliphatic carbocycles. The molecule has 0 amide bonds. The summed E-state index contributed by atoms with van der Waals surface area (Å²) in [5.74, 6) is -1.33. The second kappa shape index (κ2) is 6.18. The van der Waals surface area contributed by atoms with E-state index in [0.717, 1.165) is 6.42 Å². The minimum Gasteiger partial charge on any atom is -0.481 e. The summed E-state index contributed by atoms with van der Waals surface area (Å²) in [5, 5.41) is 12.0. The molecule has 0 saturated heterocycles. The van der Waals surface area contributed by atoms with Gasteiger partial charge < -0.3 is 5.11 Å². The van der Waals surface area contributed by atoms with Crippen molar-refractivity contribution in [3.63, 3.8) is 0 Å². The minimum absolute atomic E-state index is 0.216. The van der Waals surface area contributed by atoms with Gasteiger partial charge in [-0.15, -0.1) is 0 Å². The fourth-order valence-corrected chi connectivity index (χ4v) is 2.86. The number of carboxylic acids is 1. The molecule has 19 heavy (non-hydrogen) atoms. The van der Waals surface area contributed by atoms with Gasteiger partial charge in [-0.25, -0.2) is 8.42 Å². The fraction of sp³-hybridized carbons (Fsp3) is 0.667. The Morgan fingerprint density at radius 1 is 1.47 bits per heavy atom. The Morgan fingerprint density at radius 3 is 2.63 bits per heavy atom. The molecule has 1 heterocycles. The first-order valence-electron chi connectivity index (χ1n) is 6.23. The van der Waals surface area contributed by atoms with Crippen molar-refractivity contribution in [3.05, 3.63) is 18.0 Å². The number of aliphatic carboxylic acids is 1. The van der Waals surface area contributed by atoms with Crippen LogP contribution in [0.15, 0.2) is 12.3 Å². The summed E-state index contributed by atoms with van der Waals surface area (Å²) in [5.41, 5.74) is 0.456. The summed E-state index contributed by atoms with van der Waals surface area (Å²) < 4.78 is 25.7. The Kier molecular flexibility index (Phi) is 5.11. The fourth-order valence-electron chi connectivity index (χ4n) is 1.61. The van der Waals surface area contributed by atoms with E-state index in [9.17, 15) is 13.2 Å². The molecule has 1 aromatic heterocycles. The van der Waals surface area contributed by atoms with Crippen molar-refractivity contribution in [3.8, 4) is 0 Å². The van der Waals surface area contributed by atoms with Crippen molar-refractivity contribution in [2.75, 3.05) is 0 Å². The molecule has 0 bridgehead atoms. The van der Waals surface area contributed by atoms with E-state index in [1.54, 1.807) is 16.9 Å². The average Bonchev–Trinajstić information content (AvgIpc) is 2.74. The first kappa shape index (κ1) is 15.7. The van der Waals surface area contributed by atoms with Gasteiger partial charge in [0.1, 0.15) is 0 Å². The molecule has 2 atom stereocenters. The van der Waals surface area contributed by atoms with Gasteiger partial charge in [-0.05, 0) is 26.3 Å². The van der Waals surface area contributed by atoms with Crippen molar-refractivity contribution in [2.24, 2.45) is 0 Å². The van der Waals surface area contributed by atoms with Crippen LogP contribution in [-0.2, 0) is 20.4 Å². The molecule has 2 unspecified atom stereocenters.